The molecule has 1 aliphatic carbocycles. The van der Waals surface area contributed by atoms with Gasteiger partial charge in [0.25, 0.3) is 0 Å². The molecule has 1 fully saturated rings. The van der Waals surface area contributed by atoms with Gasteiger partial charge in [-0.1, -0.05) is 48.0 Å². The fourth-order valence-electron chi connectivity index (χ4n) is 2.74. The molecule has 3 heteroatoms. The fourth-order valence-corrected chi connectivity index (χ4v) is 3.01. The highest BCUT2D eigenvalue weighted by molar-refractivity contribution is 9.10. The van der Waals surface area contributed by atoms with Crippen molar-refractivity contribution >= 4 is 21.6 Å². The third-order valence-electron chi connectivity index (χ3n) is 3.87. The lowest BCUT2D eigenvalue weighted by molar-refractivity contribution is 0.182. The molecule has 2 nitrogen and oxygen atoms in total. The predicted molar refractivity (Wildman–Crippen MR) is 79.9 cm³/mol. The van der Waals surface area contributed by atoms with Crippen LogP contribution in [0.2, 0.25) is 0 Å². The van der Waals surface area contributed by atoms with Crippen LogP contribution in [0.5, 0.6) is 0 Å². The van der Waals surface area contributed by atoms with Crippen LogP contribution in [0.3, 0.4) is 0 Å². The summed E-state index contributed by atoms with van der Waals surface area (Å²) in [6.45, 7) is 0.225. The second-order valence-electron chi connectivity index (χ2n) is 5.34. The van der Waals surface area contributed by atoms with E-state index in [-0.39, 0.29) is 12.1 Å². The summed E-state index contributed by atoms with van der Waals surface area (Å²) < 4.78 is 1.09. The fraction of sp³-hybridized carbons (Fsp3) is 0.600. The van der Waals surface area contributed by atoms with Gasteiger partial charge in [-0.25, -0.2) is 0 Å². The van der Waals surface area contributed by atoms with Crippen molar-refractivity contribution in [3.8, 4) is 0 Å². The zero-order chi connectivity index (χ0) is 12.8. The average Bonchev–Trinajstić information content (AvgIpc) is 2.36. The quantitative estimate of drug-likeness (QED) is 0.870. The number of aliphatic hydroxyl groups excluding tert-OH is 1. The van der Waals surface area contributed by atoms with E-state index >= 15 is 0 Å². The monoisotopic (exact) mass is 311 g/mol. The third-order valence-corrected chi connectivity index (χ3v) is 4.40. The molecule has 1 aliphatic rings. The largest absolute Gasteiger partial charge is 0.394 e. The van der Waals surface area contributed by atoms with Crippen LogP contribution in [0.25, 0.3) is 0 Å². The van der Waals surface area contributed by atoms with Crippen LogP contribution >= 0.6 is 15.9 Å². The SMILES string of the molecule is OCC1(Nc2ccc(Br)cc2)CCCCCCC1. The van der Waals surface area contributed by atoms with Gasteiger partial charge in [0.15, 0.2) is 0 Å². The first-order chi connectivity index (χ1) is 8.74. The predicted octanol–water partition coefficient (Wildman–Crippen LogP) is 4.34. The normalized spacial score (nSPS) is 19.9. The Hall–Kier alpha value is -0.540. The number of benzene rings is 1. The Morgan fingerprint density at radius 2 is 1.56 bits per heavy atom. The molecule has 0 unspecified atom stereocenters. The number of halogens is 1. The smallest absolute Gasteiger partial charge is 0.0661 e. The molecule has 1 aromatic rings. The van der Waals surface area contributed by atoms with Gasteiger partial charge in [-0.15, -0.1) is 0 Å². The lowest BCUT2D eigenvalue weighted by Crippen LogP contribution is -2.42. The maximum atomic E-state index is 9.80. The first-order valence-electron chi connectivity index (χ1n) is 6.89. The summed E-state index contributed by atoms with van der Waals surface area (Å²) in [7, 11) is 0. The van der Waals surface area contributed by atoms with Crippen molar-refractivity contribution in [1.82, 2.24) is 0 Å². The summed E-state index contributed by atoms with van der Waals surface area (Å²) in [5.74, 6) is 0. The van der Waals surface area contributed by atoms with Crippen molar-refractivity contribution in [3.63, 3.8) is 0 Å². The molecule has 2 N–H and O–H groups in total. The molecule has 0 bridgehead atoms. The Kier molecular flexibility index (Phi) is 5.07. The maximum absolute atomic E-state index is 9.80. The van der Waals surface area contributed by atoms with E-state index in [1.807, 2.05) is 12.1 Å². The number of hydrogen-bond acceptors (Lipinski definition) is 2. The molecule has 0 aromatic heterocycles. The van der Waals surface area contributed by atoms with Gasteiger partial charge in [-0.3, -0.25) is 0 Å². The molecule has 2 rings (SSSR count). The van der Waals surface area contributed by atoms with Crippen molar-refractivity contribution in [2.75, 3.05) is 11.9 Å². The molecule has 0 heterocycles. The van der Waals surface area contributed by atoms with Crippen LogP contribution in [0.4, 0.5) is 5.69 Å². The number of nitrogens with one attached hydrogen (secondary N) is 1. The summed E-state index contributed by atoms with van der Waals surface area (Å²) in [5.41, 5.74) is 0.988. The van der Waals surface area contributed by atoms with Gasteiger partial charge < -0.3 is 10.4 Å². The number of anilines is 1. The van der Waals surface area contributed by atoms with Gasteiger partial charge in [0.05, 0.1) is 12.1 Å². The molecule has 0 aliphatic heterocycles. The topological polar surface area (TPSA) is 32.3 Å². The van der Waals surface area contributed by atoms with E-state index in [0.717, 1.165) is 23.0 Å². The molecule has 0 atom stereocenters. The summed E-state index contributed by atoms with van der Waals surface area (Å²) in [5, 5.41) is 13.4. The van der Waals surface area contributed by atoms with Crippen LogP contribution in [0.15, 0.2) is 28.7 Å². The van der Waals surface area contributed by atoms with Crippen LogP contribution < -0.4 is 5.32 Å². The van der Waals surface area contributed by atoms with E-state index in [0.29, 0.717) is 0 Å². The van der Waals surface area contributed by atoms with Crippen molar-refractivity contribution in [2.45, 2.75) is 50.5 Å². The maximum Gasteiger partial charge on any atom is 0.0661 e. The van der Waals surface area contributed by atoms with E-state index in [1.165, 1.54) is 32.1 Å². The van der Waals surface area contributed by atoms with E-state index in [1.54, 1.807) is 0 Å². The van der Waals surface area contributed by atoms with Gasteiger partial charge in [0.2, 0.25) is 0 Å². The number of aliphatic hydroxyl groups is 1. The Morgan fingerprint density at radius 1 is 1.00 bits per heavy atom. The Morgan fingerprint density at radius 3 is 2.11 bits per heavy atom. The van der Waals surface area contributed by atoms with E-state index in [4.69, 9.17) is 0 Å². The van der Waals surface area contributed by atoms with E-state index in [2.05, 4.69) is 33.4 Å². The summed E-state index contributed by atoms with van der Waals surface area (Å²) in [4.78, 5) is 0. The molecule has 0 spiro atoms. The first kappa shape index (κ1) is 13.9. The molecule has 100 valence electrons. The Bertz CT molecular complexity index is 355. The molecule has 0 radical (unpaired) electrons. The third kappa shape index (κ3) is 3.72. The molecule has 0 amide bonds. The van der Waals surface area contributed by atoms with E-state index < -0.39 is 0 Å². The molecule has 0 saturated heterocycles. The minimum atomic E-state index is -0.117. The summed E-state index contributed by atoms with van der Waals surface area (Å²) in [6, 6.07) is 8.22. The minimum absolute atomic E-state index is 0.117. The summed E-state index contributed by atoms with van der Waals surface area (Å²) >= 11 is 3.45. The number of rotatable bonds is 3. The second kappa shape index (κ2) is 6.58. The first-order valence-corrected chi connectivity index (χ1v) is 7.68. The molecule has 1 aromatic carbocycles. The van der Waals surface area contributed by atoms with Gasteiger partial charge in [0.1, 0.15) is 0 Å². The second-order valence-corrected chi connectivity index (χ2v) is 6.25. The zero-order valence-corrected chi connectivity index (χ0v) is 12.4. The zero-order valence-electron chi connectivity index (χ0n) is 10.8. The highest BCUT2D eigenvalue weighted by Crippen LogP contribution is 2.30. The van der Waals surface area contributed by atoms with Crippen molar-refractivity contribution in [1.29, 1.82) is 0 Å². The highest BCUT2D eigenvalue weighted by atomic mass is 79.9. The average molecular weight is 312 g/mol. The Balaban J connectivity index is 2.07. The lowest BCUT2D eigenvalue weighted by atomic mass is 9.84. The van der Waals surface area contributed by atoms with E-state index in [9.17, 15) is 5.11 Å². The van der Waals surface area contributed by atoms with Crippen molar-refractivity contribution < 1.29 is 5.11 Å². The van der Waals surface area contributed by atoms with Gasteiger partial charge in [0, 0.05) is 10.2 Å². The molecular weight excluding hydrogens is 290 g/mol. The van der Waals surface area contributed by atoms with Crippen LogP contribution in [0, 0.1) is 0 Å². The van der Waals surface area contributed by atoms with Crippen LogP contribution in [-0.2, 0) is 0 Å². The minimum Gasteiger partial charge on any atom is -0.394 e. The van der Waals surface area contributed by atoms with Crippen LogP contribution in [0.1, 0.15) is 44.9 Å². The van der Waals surface area contributed by atoms with Gasteiger partial charge in [-0.2, -0.15) is 0 Å². The Labute approximate surface area is 118 Å². The van der Waals surface area contributed by atoms with Gasteiger partial charge in [-0.05, 0) is 37.1 Å². The summed E-state index contributed by atoms with van der Waals surface area (Å²) in [6.07, 6.45) is 8.50. The highest BCUT2D eigenvalue weighted by Gasteiger charge is 2.29. The molecular formula is C15H22BrNO. The van der Waals surface area contributed by atoms with Crippen LogP contribution in [-0.4, -0.2) is 17.3 Å². The van der Waals surface area contributed by atoms with Crippen molar-refractivity contribution in [2.24, 2.45) is 0 Å². The lowest BCUT2D eigenvalue weighted by Gasteiger charge is -2.35. The number of hydrogen-bond donors (Lipinski definition) is 2. The van der Waals surface area contributed by atoms with Gasteiger partial charge >= 0.3 is 0 Å². The standard InChI is InChI=1S/C15H22BrNO/c16-13-6-8-14(9-7-13)17-15(12-18)10-4-2-1-3-5-11-15/h6-9,17-18H,1-5,10-12H2. The van der Waals surface area contributed by atoms with Crippen molar-refractivity contribution in [3.05, 3.63) is 28.7 Å². The molecule has 18 heavy (non-hydrogen) atoms. The molecule has 1 saturated carbocycles.